The molecule has 0 saturated heterocycles. The minimum Gasteiger partial charge on any atom is -0.452 e. The molecule has 2 aromatic rings. The van der Waals surface area contributed by atoms with Gasteiger partial charge in [-0.25, -0.2) is 0 Å². The van der Waals surface area contributed by atoms with Crippen molar-refractivity contribution < 1.29 is 19.1 Å². The van der Waals surface area contributed by atoms with E-state index < -0.39 is 23.2 Å². The number of anilines is 2. The van der Waals surface area contributed by atoms with Crippen molar-refractivity contribution in [1.82, 2.24) is 0 Å². The van der Waals surface area contributed by atoms with Crippen LogP contribution in [-0.4, -0.2) is 29.1 Å². The molecule has 7 heteroatoms. The second kappa shape index (κ2) is 9.78. The van der Waals surface area contributed by atoms with Gasteiger partial charge >= 0.3 is 5.97 Å². The standard InChI is InChI=1S/C20H22N2O4S/c1-13(26-20(25)14(2)27-18-7-5-4-6-8-18)19(24)22-17-11-9-16(10-12-17)21-15(3)23/h4-14H,1-3H3,(H,21,23)(H,22,24)/t13-,14-/m0/s1. The fourth-order valence-electron chi connectivity index (χ4n) is 2.16. The van der Waals surface area contributed by atoms with E-state index in [0.29, 0.717) is 11.4 Å². The lowest BCUT2D eigenvalue weighted by Crippen LogP contribution is -2.32. The van der Waals surface area contributed by atoms with Crippen LogP contribution < -0.4 is 10.6 Å². The molecule has 0 aliphatic heterocycles. The Bertz CT molecular complexity index is 793. The van der Waals surface area contributed by atoms with E-state index in [0.717, 1.165) is 4.90 Å². The Balaban J connectivity index is 1.85. The Morgan fingerprint density at radius 2 is 1.44 bits per heavy atom. The third-order valence-corrected chi connectivity index (χ3v) is 4.61. The monoisotopic (exact) mass is 386 g/mol. The summed E-state index contributed by atoms with van der Waals surface area (Å²) < 4.78 is 5.27. The molecule has 0 heterocycles. The molecule has 2 atom stereocenters. The smallest absolute Gasteiger partial charge is 0.319 e. The van der Waals surface area contributed by atoms with Crippen LogP contribution in [-0.2, 0) is 19.1 Å². The topological polar surface area (TPSA) is 84.5 Å². The fourth-order valence-corrected chi connectivity index (χ4v) is 3.03. The lowest BCUT2D eigenvalue weighted by Gasteiger charge is -2.16. The second-order valence-corrected chi connectivity index (χ2v) is 7.31. The highest BCUT2D eigenvalue weighted by molar-refractivity contribution is 8.00. The summed E-state index contributed by atoms with van der Waals surface area (Å²) >= 11 is 1.38. The van der Waals surface area contributed by atoms with Gasteiger partial charge in [-0.05, 0) is 50.2 Å². The quantitative estimate of drug-likeness (QED) is 0.560. The van der Waals surface area contributed by atoms with Crippen LogP contribution in [0.3, 0.4) is 0 Å². The van der Waals surface area contributed by atoms with E-state index in [1.807, 2.05) is 30.3 Å². The number of carbonyl (C=O) groups excluding carboxylic acids is 3. The lowest BCUT2D eigenvalue weighted by molar-refractivity contribution is -0.152. The van der Waals surface area contributed by atoms with Gasteiger partial charge in [-0.1, -0.05) is 18.2 Å². The molecule has 2 aromatic carbocycles. The Morgan fingerprint density at radius 1 is 0.889 bits per heavy atom. The molecule has 0 saturated carbocycles. The summed E-state index contributed by atoms with van der Waals surface area (Å²) in [6.07, 6.45) is -0.925. The predicted octanol–water partition coefficient (Wildman–Crippen LogP) is 3.70. The number of carbonyl (C=O) groups is 3. The Morgan fingerprint density at radius 3 is 2.00 bits per heavy atom. The van der Waals surface area contributed by atoms with Gasteiger partial charge in [0.25, 0.3) is 5.91 Å². The first-order chi connectivity index (χ1) is 12.8. The highest BCUT2D eigenvalue weighted by Gasteiger charge is 2.22. The average Bonchev–Trinajstić information content (AvgIpc) is 2.63. The molecule has 6 nitrogen and oxygen atoms in total. The number of thioether (sulfide) groups is 1. The van der Waals surface area contributed by atoms with Crippen molar-refractivity contribution in [2.75, 3.05) is 10.6 Å². The van der Waals surface area contributed by atoms with E-state index in [9.17, 15) is 14.4 Å². The molecular formula is C20H22N2O4S. The van der Waals surface area contributed by atoms with Gasteiger partial charge in [-0.15, -0.1) is 11.8 Å². The summed E-state index contributed by atoms with van der Waals surface area (Å²) in [4.78, 5) is 36.4. The van der Waals surface area contributed by atoms with Crippen molar-refractivity contribution in [2.24, 2.45) is 0 Å². The zero-order valence-electron chi connectivity index (χ0n) is 15.4. The third kappa shape index (κ3) is 6.79. The van der Waals surface area contributed by atoms with Crippen LogP contribution in [0.25, 0.3) is 0 Å². The van der Waals surface area contributed by atoms with Crippen LogP contribution in [0.4, 0.5) is 11.4 Å². The van der Waals surface area contributed by atoms with Gasteiger partial charge in [0, 0.05) is 23.2 Å². The van der Waals surface area contributed by atoms with E-state index >= 15 is 0 Å². The summed E-state index contributed by atoms with van der Waals surface area (Å²) in [5.41, 5.74) is 1.18. The first-order valence-corrected chi connectivity index (χ1v) is 9.34. The molecule has 2 rings (SSSR count). The van der Waals surface area contributed by atoms with Crippen LogP contribution in [0.15, 0.2) is 59.5 Å². The molecule has 0 aromatic heterocycles. The number of nitrogens with one attached hydrogen (secondary N) is 2. The van der Waals surface area contributed by atoms with Gasteiger partial charge in [0.05, 0.1) is 0 Å². The summed E-state index contributed by atoms with van der Waals surface area (Å²) in [5.74, 6) is -1.05. The van der Waals surface area contributed by atoms with Gasteiger partial charge in [0.15, 0.2) is 6.10 Å². The lowest BCUT2D eigenvalue weighted by atomic mass is 10.2. The van der Waals surface area contributed by atoms with Crippen LogP contribution in [0.5, 0.6) is 0 Å². The Labute approximate surface area is 162 Å². The van der Waals surface area contributed by atoms with E-state index in [1.54, 1.807) is 31.2 Å². The maximum absolute atomic E-state index is 12.2. The van der Waals surface area contributed by atoms with Crippen LogP contribution in [0, 0.1) is 0 Å². The van der Waals surface area contributed by atoms with Gasteiger partial charge in [0.1, 0.15) is 5.25 Å². The molecule has 0 aliphatic carbocycles. The summed E-state index contributed by atoms with van der Waals surface area (Å²) in [5, 5.41) is 4.89. The SMILES string of the molecule is CC(=O)Nc1ccc(NC(=O)[C@H](C)OC(=O)[C@H](C)Sc2ccccc2)cc1. The highest BCUT2D eigenvalue weighted by Crippen LogP contribution is 2.24. The van der Waals surface area contributed by atoms with Gasteiger partial charge in [-0.3, -0.25) is 14.4 Å². The molecule has 2 amide bonds. The first kappa shape index (κ1) is 20.5. The van der Waals surface area contributed by atoms with E-state index in [-0.39, 0.29) is 5.91 Å². The zero-order valence-corrected chi connectivity index (χ0v) is 16.2. The first-order valence-electron chi connectivity index (χ1n) is 8.46. The number of rotatable bonds is 7. The van der Waals surface area contributed by atoms with Crippen molar-refractivity contribution in [3.05, 3.63) is 54.6 Å². The molecule has 2 N–H and O–H groups in total. The van der Waals surface area contributed by atoms with Crippen LogP contribution in [0.1, 0.15) is 20.8 Å². The predicted molar refractivity (Wildman–Crippen MR) is 107 cm³/mol. The molecule has 0 radical (unpaired) electrons. The van der Waals surface area contributed by atoms with Gasteiger partial charge in [-0.2, -0.15) is 0 Å². The minimum absolute atomic E-state index is 0.171. The number of amides is 2. The number of hydrogen-bond acceptors (Lipinski definition) is 5. The van der Waals surface area contributed by atoms with Crippen LogP contribution in [0.2, 0.25) is 0 Å². The molecule has 0 bridgehead atoms. The number of esters is 1. The second-order valence-electron chi connectivity index (χ2n) is 5.90. The average molecular weight is 386 g/mol. The number of ether oxygens (including phenoxy) is 1. The van der Waals surface area contributed by atoms with Crippen molar-refractivity contribution >= 4 is 40.9 Å². The molecule has 0 fully saturated rings. The van der Waals surface area contributed by atoms with E-state index in [1.165, 1.54) is 25.6 Å². The van der Waals surface area contributed by atoms with E-state index in [2.05, 4.69) is 10.6 Å². The molecule has 142 valence electrons. The molecular weight excluding hydrogens is 364 g/mol. The Hall–Kier alpha value is -2.80. The van der Waals surface area contributed by atoms with Crippen molar-refractivity contribution in [3.63, 3.8) is 0 Å². The normalized spacial score (nSPS) is 12.6. The zero-order chi connectivity index (χ0) is 19.8. The highest BCUT2D eigenvalue weighted by atomic mass is 32.2. The van der Waals surface area contributed by atoms with Crippen LogP contribution >= 0.6 is 11.8 Å². The number of hydrogen-bond donors (Lipinski definition) is 2. The Kier molecular flexibility index (Phi) is 7.43. The van der Waals surface area contributed by atoms with Gasteiger partial charge < -0.3 is 15.4 Å². The largest absolute Gasteiger partial charge is 0.452 e. The fraction of sp³-hybridized carbons (Fsp3) is 0.250. The molecule has 0 spiro atoms. The maximum Gasteiger partial charge on any atom is 0.319 e. The maximum atomic E-state index is 12.2. The molecule has 0 unspecified atom stereocenters. The van der Waals surface area contributed by atoms with E-state index in [4.69, 9.17) is 4.74 Å². The minimum atomic E-state index is -0.925. The molecule has 27 heavy (non-hydrogen) atoms. The summed E-state index contributed by atoms with van der Waals surface area (Å²) in [6, 6.07) is 16.2. The number of benzene rings is 2. The van der Waals surface area contributed by atoms with Gasteiger partial charge in [0.2, 0.25) is 5.91 Å². The molecule has 0 aliphatic rings. The summed E-state index contributed by atoms with van der Waals surface area (Å²) in [7, 11) is 0. The van der Waals surface area contributed by atoms with Crippen molar-refractivity contribution in [2.45, 2.75) is 37.0 Å². The van der Waals surface area contributed by atoms with Crippen molar-refractivity contribution in [1.29, 1.82) is 0 Å². The summed E-state index contributed by atoms with van der Waals surface area (Å²) in [6.45, 7) is 4.69. The third-order valence-electron chi connectivity index (χ3n) is 3.52. The van der Waals surface area contributed by atoms with Crippen molar-refractivity contribution in [3.8, 4) is 0 Å².